The van der Waals surface area contributed by atoms with Crippen LogP contribution < -0.4 is 10.2 Å². The Morgan fingerprint density at radius 2 is 1.45 bits per heavy atom. The minimum Gasteiger partial charge on any atom is -0.444 e. The van der Waals surface area contributed by atoms with E-state index in [2.05, 4.69) is 10.2 Å². The first-order chi connectivity index (χ1) is 22.1. The van der Waals surface area contributed by atoms with E-state index in [1.807, 2.05) is 6.07 Å². The van der Waals surface area contributed by atoms with Crippen LogP contribution in [0.25, 0.3) is 0 Å². The highest BCUT2D eigenvalue weighted by Gasteiger charge is 2.62. The van der Waals surface area contributed by atoms with Gasteiger partial charge >= 0.3 is 12.3 Å². The highest BCUT2D eigenvalue weighted by atomic mass is 35.5. The molecule has 3 heterocycles. The maximum atomic E-state index is 14.0. The monoisotopic (exact) mass is 678 g/mol. The van der Waals surface area contributed by atoms with Crippen LogP contribution in [0.5, 0.6) is 0 Å². The first-order valence-electron chi connectivity index (χ1n) is 16.0. The molecule has 5 rings (SSSR count). The molecular weight excluding hydrogens is 637 g/mol. The van der Waals surface area contributed by atoms with Gasteiger partial charge in [0.25, 0.3) is 17.4 Å². The predicted octanol–water partition coefficient (Wildman–Crippen LogP) is 5.59. The summed E-state index contributed by atoms with van der Waals surface area (Å²) in [5, 5.41) is 13.8. The summed E-state index contributed by atoms with van der Waals surface area (Å²) in [6.45, 7) is 7.94. The molecule has 0 saturated carbocycles. The Hall–Kier alpha value is -3.51. The molecule has 3 fully saturated rings. The van der Waals surface area contributed by atoms with Crippen molar-refractivity contribution in [3.05, 3.63) is 64.7 Å². The van der Waals surface area contributed by atoms with Gasteiger partial charge < -0.3 is 29.9 Å². The number of carbonyl (C=O) groups excluding carboxylic acids is 3. The van der Waals surface area contributed by atoms with Crippen LogP contribution in [-0.2, 0) is 15.1 Å². The van der Waals surface area contributed by atoms with Gasteiger partial charge in [-0.3, -0.25) is 9.59 Å². The van der Waals surface area contributed by atoms with Gasteiger partial charge in [0.15, 0.2) is 0 Å². The van der Waals surface area contributed by atoms with Crippen molar-refractivity contribution >= 4 is 35.2 Å². The van der Waals surface area contributed by atoms with E-state index in [1.54, 1.807) is 37.8 Å². The number of amides is 3. The quantitative estimate of drug-likeness (QED) is 0.413. The SMILES string of the molecule is CC(C)(C)OC(=O)NC1CN(C(=O)c2ccc(N3CCC(C4CCN(C(=O)C(O)(c5ccccc5)C(F)(F)F)CC4)CC3)cc2Cl)C1. The van der Waals surface area contributed by atoms with Crippen molar-refractivity contribution in [1.82, 2.24) is 15.1 Å². The van der Waals surface area contributed by atoms with Gasteiger partial charge in [0.05, 0.1) is 16.6 Å². The number of piperidine rings is 2. The first-order valence-corrected chi connectivity index (χ1v) is 16.4. The average Bonchev–Trinajstić information content (AvgIpc) is 3.00. The van der Waals surface area contributed by atoms with E-state index in [4.69, 9.17) is 16.3 Å². The Morgan fingerprint density at radius 1 is 0.872 bits per heavy atom. The van der Waals surface area contributed by atoms with E-state index in [1.165, 1.54) is 18.2 Å². The molecule has 0 spiro atoms. The average molecular weight is 679 g/mol. The number of aliphatic hydroxyl groups is 1. The van der Waals surface area contributed by atoms with E-state index < -0.39 is 34.9 Å². The van der Waals surface area contributed by atoms with Gasteiger partial charge in [0, 0.05) is 50.5 Å². The van der Waals surface area contributed by atoms with Gasteiger partial charge in [-0.05, 0) is 76.5 Å². The fourth-order valence-corrected chi connectivity index (χ4v) is 7.03. The maximum Gasteiger partial charge on any atom is 0.430 e. The number of hydrogen-bond acceptors (Lipinski definition) is 6. The summed E-state index contributed by atoms with van der Waals surface area (Å²) in [4.78, 5) is 43.1. The standard InChI is InChI=1S/C34H42ClF3N4O5/c1-32(2,3)47-31(45)39-25-20-42(21-25)29(43)27-10-9-26(19-28(27)35)40-15-11-22(12-16-40)23-13-17-41(18-14-23)30(44)33(46,34(36,37)38)24-7-5-4-6-8-24/h4-10,19,22-23,25,46H,11-18,20-21H2,1-3H3,(H,39,45). The van der Waals surface area contributed by atoms with Crippen LogP contribution in [0.4, 0.5) is 23.7 Å². The highest BCUT2D eigenvalue weighted by molar-refractivity contribution is 6.34. The van der Waals surface area contributed by atoms with Crippen LogP contribution in [0, 0.1) is 11.8 Å². The lowest BCUT2D eigenvalue weighted by molar-refractivity contribution is -0.262. The van der Waals surface area contributed by atoms with Gasteiger partial charge in [-0.2, -0.15) is 13.2 Å². The molecule has 0 aromatic heterocycles. The minimum atomic E-state index is -5.15. The van der Waals surface area contributed by atoms with E-state index >= 15 is 0 Å². The third-order valence-electron chi connectivity index (χ3n) is 9.38. The van der Waals surface area contributed by atoms with Gasteiger partial charge in [-0.1, -0.05) is 41.9 Å². The molecule has 2 aromatic carbocycles. The number of likely N-dealkylation sites (tertiary alicyclic amines) is 2. The number of halogens is 4. The van der Waals surface area contributed by atoms with Crippen molar-refractivity contribution in [3.63, 3.8) is 0 Å². The van der Waals surface area contributed by atoms with Crippen molar-refractivity contribution < 1.29 is 37.4 Å². The number of carbonyl (C=O) groups is 3. The van der Waals surface area contributed by atoms with E-state index in [9.17, 15) is 32.7 Å². The molecule has 13 heteroatoms. The second-order valence-corrected chi connectivity index (χ2v) is 14.2. The first kappa shape index (κ1) is 34.8. The van der Waals surface area contributed by atoms with Crippen LogP contribution >= 0.6 is 11.6 Å². The molecule has 9 nitrogen and oxygen atoms in total. The molecule has 0 aliphatic carbocycles. The number of benzene rings is 2. The number of nitrogens with one attached hydrogen (secondary N) is 1. The molecule has 1 atom stereocenters. The normalized spacial score (nSPS) is 20.0. The van der Waals surface area contributed by atoms with Crippen molar-refractivity contribution in [1.29, 1.82) is 0 Å². The number of nitrogens with zero attached hydrogens (tertiary/aromatic N) is 3. The lowest BCUT2D eigenvalue weighted by atomic mass is 9.78. The summed E-state index contributed by atoms with van der Waals surface area (Å²) in [7, 11) is 0. The van der Waals surface area contributed by atoms with Crippen LogP contribution in [0.1, 0.15) is 62.4 Å². The van der Waals surface area contributed by atoms with E-state index in [0.29, 0.717) is 42.4 Å². The van der Waals surface area contributed by atoms with Crippen LogP contribution in [-0.4, -0.2) is 89.9 Å². The smallest absolute Gasteiger partial charge is 0.430 e. The Labute approximate surface area is 278 Å². The van der Waals surface area contributed by atoms with Crippen molar-refractivity contribution in [2.45, 2.75) is 69.9 Å². The number of rotatable bonds is 6. The van der Waals surface area contributed by atoms with Gasteiger partial charge in [-0.15, -0.1) is 0 Å². The fraction of sp³-hybridized carbons (Fsp3) is 0.559. The Bertz CT molecular complexity index is 1450. The van der Waals surface area contributed by atoms with Gasteiger partial charge in [0.2, 0.25) is 0 Å². The summed E-state index contributed by atoms with van der Waals surface area (Å²) in [5.74, 6) is -0.894. The lowest BCUT2D eigenvalue weighted by Gasteiger charge is -2.42. The molecule has 0 radical (unpaired) electrons. The summed E-state index contributed by atoms with van der Waals surface area (Å²) in [5.41, 5.74) is -3.36. The maximum absolute atomic E-state index is 14.0. The van der Waals surface area contributed by atoms with Crippen LogP contribution in [0.3, 0.4) is 0 Å². The summed E-state index contributed by atoms with van der Waals surface area (Å²) >= 11 is 6.57. The fourth-order valence-electron chi connectivity index (χ4n) is 6.77. The summed E-state index contributed by atoms with van der Waals surface area (Å²) in [6, 6.07) is 11.8. The summed E-state index contributed by atoms with van der Waals surface area (Å²) < 4.78 is 47.4. The zero-order valence-corrected chi connectivity index (χ0v) is 27.6. The van der Waals surface area contributed by atoms with Crippen LogP contribution in [0.2, 0.25) is 5.02 Å². The third kappa shape index (κ3) is 7.64. The molecule has 3 saturated heterocycles. The van der Waals surface area contributed by atoms with Crippen molar-refractivity contribution in [2.24, 2.45) is 11.8 Å². The second kappa shape index (κ2) is 13.5. The largest absolute Gasteiger partial charge is 0.444 e. The molecule has 2 N–H and O–H groups in total. The molecule has 3 amide bonds. The zero-order valence-electron chi connectivity index (χ0n) is 26.9. The molecule has 0 bridgehead atoms. The third-order valence-corrected chi connectivity index (χ3v) is 9.69. The predicted molar refractivity (Wildman–Crippen MR) is 171 cm³/mol. The molecule has 256 valence electrons. The Kier molecular flexibility index (Phi) is 10.0. The van der Waals surface area contributed by atoms with Crippen molar-refractivity contribution in [3.8, 4) is 0 Å². The second-order valence-electron chi connectivity index (χ2n) is 13.7. The number of ether oxygens (including phenoxy) is 1. The number of anilines is 1. The van der Waals surface area contributed by atoms with E-state index in [-0.39, 0.29) is 31.0 Å². The van der Waals surface area contributed by atoms with Gasteiger partial charge in [-0.25, -0.2) is 4.79 Å². The van der Waals surface area contributed by atoms with E-state index in [0.717, 1.165) is 48.7 Å². The molecule has 47 heavy (non-hydrogen) atoms. The molecular formula is C34H42ClF3N4O5. The van der Waals surface area contributed by atoms with Crippen LogP contribution in [0.15, 0.2) is 48.5 Å². The molecule has 3 aliphatic rings. The molecule has 2 aromatic rings. The molecule has 1 unspecified atom stereocenters. The topological polar surface area (TPSA) is 102 Å². The lowest BCUT2D eigenvalue weighted by Crippen LogP contribution is -2.61. The summed E-state index contributed by atoms with van der Waals surface area (Å²) in [6.07, 6.45) is -2.75. The Balaban J connectivity index is 1.10. The molecule has 3 aliphatic heterocycles. The number of alkyl halides is 3. The van der Waals surface area contributed by atoms with Crippen molar-refractivity contribution in [2.75, 3.05) is 44.2 Å². The minimum absolute atomic E-state index is 0.162. The highest BCUT2D eigenvalue weighted by Crippen LogP contribution is 2.42. The zero-order chi connectivity index (χ0) is 34.1. The Morgan fingerprint density at radius 3 is 1.98 bits per heavy atom. The number of alkyl carbamates (subject to hydrolysis) is 1. The number of hydrogen-bond donors (Lipinski definition) is 2. The van der Waals surface area contributed by atoms with Gasteiger partial charge in [0.1, 0.15) is 5.60 Å².